The predicted octanol–water partition coefficient (Wildman–Crippen LogP) is 3.78. The van der Waals surface area contributed by atoms with Crippen molar-refractivity contribution < 1.29 is 18.7 Å². The molecule has 1 aromatic heterocycles. The molecule has 1 heterocycles. The Labute approximate surface area is 145 Å². The molecule has 0 aliphatic rings. The fraction of sp³-hybridized carbons (Fsp3) is 0.211. The van der Waals surface area contributed by atoms with E-state index in [1.54, 1.807) is 36.4 Å². The van der Waals surface area contributed by atoms with E-state index in [0.29, 0.717) is 23.6 Å². The van der Waals surface area contributed by atoms with Gasteiger partial charge in [0.1, 0.15) is 17.4 Å². The number of nitrogens with one attached hydrogen (secondary N) is 1. The zero-order chi connectivity index (χ0) is 18.1. The van der Waals surface area contributed by atoms with Crippen LogP contribution in [-0.4, -0.2) is 18.5 Å². The highest BCUT2D eigenvalue weighted by Gasteiger charge is 2.11. The van der Waals surface area contributed by atoms with Gasteiger partial charge < -0.3 is 14.5 Å². The summed E-state index contributed by atoms with van der Waals surface area (Å²) >= 11 is 0. The Balaban J connectivity index is 1.99. The summed E-state index contributed by atoms with van der Waals surface area (Å²) in [6.45, 7) is 2.40. The molecule has 0 bridgehead atoms. The van der Waals surface area contributed by atoms with Crippen LogP contribution in [-0.2, 0) is 9.53 Å². The van der Waals surface area contributed by atoms with Crippen LogP contribution < -0.4 is 5.32 Å². The van der Waals surface area contributed by atoms with Crippen LogP contribution in [0.2, 0.25) is 0 Å². The number of nitrogens with zero attached hydrogens (tertiary/aromatic N) is 1. The van der Waals surface area contributed by atoms with Gasteiger partial charge in [-0.2, -0.15) is 5.26 Å². The largest absolute Gasteiger partial charge is 0.465 e. The molecule has 0 unspecified atom stereocenters. The summed E-state index contributed by atoms with van der Waals surface area (Å²) in [5.74, 6) is -0.546. The van der Waals surface area contributed by atoms with Crippen LogP contribution in [0.25, 0.3) is 6.08 Å². The molecule has 0 aliphatic heterocycles. The molecular weight excluding hydrogens is 320 g/mol. The van der Waals surface area contributed by atoms with Gasteiger partial charge in [-0.1, -0.05) is 13.3 Å². The minimum absolute atomic E-state index is 0.0852. The summed E-state index contributed by atoms with van der Waals surface area (Å²) in [7, 11) is 0. The van der Waals surface area contributed by atoms with Crippen molar-refractivity contribution in [1.82, 2.24) is 0 Å². The quantitative estimate of drug-likeness (QED) is 0.359. The van der Waals surface area contributed by atoms with Gasteiger partial charge in [-0.15, -0.1) is 0 Å². The van der Waals surface area contributed by atoms with Gasteiger partial charge in [0.25, 0.3) is 5.91 Å². The van der Waals surface area contributed by atoms with Crippen molar-refractivity contribution >= 4 is 23.6 Å². The number of furan rings is 1. The van der Waals surface area contributed by atoms with Crippen molar-refractivity contribution in [2.24, 2.45) is 0 Å². The Bertz CT molecular complexity index is 784. The molecule has 6 heteroatoms. The number of esters is 1. The van der Waals surface area contributed by atoms with Gasteiger partial charge in [-0.25, -0.2) is 4.79 Å². The van der Waals surface area contributed by atoms with Gasteiger partial charge in [-0.05, 0) is 42.8 Å². The van der Waals surface area contributed by atoms with E-state index >= 15 is 0 Å². The van der Waals surface area contributed by atoms with E-state index in [-0.39, 0.29) is 5.57 Å². The number of ether oxygens (including phenoxy) is 1. The number of carbonyl (C=O) groups excluding carboxylic acids is 2. The highest BCUT2D eigenvalue weighted by Crippen LogP contribution is 2.13. The van der Waals surface area contributed by atoms with Gasteiger partial charge in [0.05, 0.1) is 18.4 Å². The molecule has 0 fully saturated rings. The molecule has 1 amide bonds. The van der Waals surface area contributed by atoms with E-state index < -0.39 is 11.9 Å². The molecule has 0 radical (unpaired) electrons. The summed E-state index contributed by atoms with van der Waals surface area (Å²) in [5, 5.41) is 11.7. The molecule has 2 rings (SSSR count). The second-order valence-corrected chi connectivity index (χ2v) is 5.21. The zero-order valence-corrected chi connectivity index (χ0v) is 13.8. The van der Waals surface area contributed by atoms with Crippen molar-refractivity contribution in [1.29, 1.82) is 5.26 Å². The third-order valence-corrected chi connectivity index (χ3v) is 3.30. The van der Waals surface area contributed by atoms with Gasteiger partial charge in [0.15, 0.2) is 0 Å². The first-order chi connectivity index (χ1) is 12.1. The fourth-order valence-corrected chi connectivity index (χ4v) is 1.94. The fourth-order valence-electron chi connectivity index (χ4n) is 1.94. The minimum atomic E-state index is -0.558. The molecule has 0 atom stereocenters. The second-order valence-electron chi connectivity index (χ2n) is 5.21. The van der Waals surface area contributed by atoms with Crippen molar-refractivity contribution in [3.8, 4) is 6.07 Å². The third kappa shape index (κ3) is 5.36. The van der Waals surface area contributed by atoms with Crippen LogP contribution >= 0.6 is 0 Å². The Morgan fingerprint density at radius 3 is 2.64 bits per heavy atom. The lowest BCUT2D eigenvalue weighted by atomic mass is 10.2. The normalized spacial score (nSPS) is 10.8. The van der Waals surface area contributed by atoms with E-state index in [0.717, 1.165) is 12.8 Å². The van der Waals surface area contributed by atoms with E-state index in [4.69, 9.17) is 14.4 Å². The van der Waals surface area contributed by atoms with Crippen LogP contribution in [0.5, 0.6) is 0 Å². The molecule has 1 aromatic carbocycles. The van der Waals surface area contributed by atoms with E-state index in [1.807, 2.05) is 13.0 Å². The first-order valence-corrected chi connectivity index (χ1v) is 7.88. The number of anilines is 1. The monoisotopic (exact) mass is 338 g/mol. The maximum Gasteiger partial charge on any atom is 0.338 e. The molecule has 128 valence electrons. The smallest absolute Gasteiger partial charge is 0.338 e. The van der Waals surface area contributed by atoms with Crippen molar-refractivity contribution in [2.45, 2.75) is 19.8 Å². The molecule has 0 aliphatic carbocycles. The number of hydrogen-bond acceptors (Lipinski definition) is 5. The Kier molecular flexibility index (Phi) is 6.55. The first kappa shape index (κ1) is 18.0. The number of unbranched alkanes of at least 4 members (excludes halogenated alkanes) is 1. The van der Waals surface area contributed by atoms with E-state index in [1.165, 1.54) is 12.3 Å². The summed E-state index contributed by atoms with van der Waals surface area (Å²) in [5.41, 5.74) is 0.787. The van der Waals surface area contributed by atoms with Gasteiger partial charge in [0, 0.05) is 11.8 Å². The number of amides is 1. The second kappa shape index (κ2) is 9.08. The molecule has 25 heavy (non-hydrogen) atoms. The van der Waals surface area contributed by atoms with Crippen LogP contribution in [0.15, 0.2) is 52.7 Å². The third-order valence-electron chi connectivity index (χ3n) is 3.30. The maximum absolute atomic E-state index is 12.1. The summed E-state index contributed by atoms with van der Waals surface area (Å²) in [6, 6.07) is 11.4. The van der Waals surface area contributed by atoms with E-state index in [2.05, 4.69) is 5.32 Å². The highest BCUT2D eigenvalue weighted by atomic mass is 16.5. The topological polar surface area (TPSA) is 92.3 Å². The van der Waals surface area contributed by atoms with Crippen molar-refractivity contribution in [2.75, 3.05) is 11.9 Å². The highest BCUT2D eigenvalue weighted by molar-refractivity contribution is 6.09. The van der Waals surface area contributed by atoms with Gasteiger partial charge >= 0.3 is 5.97 Å². The molecule has 1 N–H and O–H groups in total. The molecule has 0 saturated carbocycles. The Hall–Kier alpha value is -3.33. The standard InChI is InChI=1S/C19H18N2O4/c1-2-3-10-25-19(23)14-6-8-16(9-7-14)21-18(22)15(13-20)12-17-5-4-11-24-17/h4-9,11-12H,2-3,10H2,1H3,(H,21,22)/b15-12+. The van der Waals surface area contributed by atoms with Crippen LogP contribution in [0, 0.1) is 11.3 Å². The van der Waals surface area contributed by atoms with E-state index in [9.17, 15) is 9.59 Å². The molecule has 6 nitrogen and oxygen atoms in total. The van der Waals surface area contributed by atoms with Crippen LogP contribution in [0.3, 0.4) is 0 Å². The Morgan fingerprint density at radius 2 is 2.04 bits per heavy atom. The average molecular weight is 338 g/mol. The SMILES string of the molecule is CCCCOC(=O)c1ccc(NC(=O)/C(C#N)=C/c2ccco2)cc1. The molecule has 2 aromatic rings. The lowest BCUT2D eigenvalue weighted by Crippen LogP contribution is -2.13. The number of rotatable bonds is 7. The number of carbonyl (C=O) groups is 2. The van der Waals surface area contributed by atoms with Gasteiger partial charge in [0.2, 0.25) is 0 Å². The Morgan fingerprint density at radius 1 is 1.28 bits per heavy atom. The van der Waals surface area contributed by atoms with Crippen LogP contribution in [0.1, 0.15) is 35.9 Å². The number of hydrogen-bond donors (Lipinski definition) is 1. The average Bonchev–Trinajstić information content (AvgIpc) is 3.13. The minimum Gasteiger partial charge on any atom is -0.465 e. The van der Waals surface area contributed by atoms with Crippen molar-refractivity contribution in [3.63, 3.8) is 0 Å². The summed E-state index contributed by atoms with van der Waals surface area (Å²) in [4.78, 5) is 23.9. The maximum atomic E-state index is 12.1. The number of benzene rings is 1. The zero-order valence-electron chi connectivity index (χ0n) is 13.8. The molecule has 0 spiro atoms. The lowest BCUT2D eigenvalue weighted by Gasteiger charge is -2.06. The lowest BCUT2D eigenvalue weighted by molar-refractivity contribution is -0.112. The van der Waals surface area contributed by atoms with Crippen molar-refractivity contribution in [3.05, 3.63) is 59.6 Å². The van der Waals surface area contributed by atoms with Crippen LogP contribution in [0.4, 0.5) is 5.69 Å². The van der Waals surface area contributed by atoms with Gasteiger partial charge in [-0.3, -0.25) is 4.79 Å². The molecule has 0 saturated heterocycles. The summed E-state index contributed by atoms with van der Waals surface area (Å²) < 4.78 is 10.2. The molecular formula is C19H18N2O4. The summed E-state index contributed by atoms with van der Waals surface area (Å²) in [6.07, 6.45) is 4.58. The first-order valence-electron chi connectivity index (χ1n) is 7.88. The predicted molar refractivity (Wildman–Crippen MR) is 92.6 cm³/mol. The number of nitriles is 1.